The maximum atomic E-state index is 11.7. The maximum absolute atomic E-state index is 11.7. The summed E-state index contributed by atoms with van der Waals surface area (Å²) in [7, 11) is 0. The van der Waals surface area contributed by atoms with Crippen LogP contribution in [0.5, 0.6) is 0 Å². The zero-order valence-electron chi connectivity index (χ0n) is 9.61. The van der Waals surface area contributed by atoms with E-state index in [2.05, 4.69) is 0 Å². The number of ether oxygens (including phenoxy) is 2. The molecule has 2 rings (SSSR count). The van der Waals surface area contributed by atoms with Gasteiger partial charge in [-0.25, -0.2) is 9.59 Å². The fourth-order valence-corrected chi connectivity index (χ4v) is 1.66. The summed E-state index contributed by atoms with van der Waals surface area (Å²) in [6.45, 7) is 0.546. The van der Waals surface area contributed by atoms with E-state index in [0.717, 1.165) is 10.5 Å². The minimum Gasteiger partial charge on any atom is -0.478 e. The smallest absolute Gasteiger partial charge is 0.412 e. The first-order valence-corrected chi connectivity index (χ1v) is 5.50. The Kier molecular flexibility index (Phi) is 3.78. The zero-order valence-corrected chi connectivity index (χ0v) is 9.61. The molecule has 0 radical (unpaired) electrons. The number of rotatable bonds is 3. The first-order chi connectivity index (χ1) is 8.68. The van der Waals surface area contributed by atoms with Crippen LogP contribution >= 0.6 is 0 Å². The Bertz CT molecular complexity index is 433. The van der Waals surface area contributed by atoms with Gasteiger partial charge in [0.05, 0.1) is 13.2 Å². The monoisotopic (exact) mass is 251 g/mol. The zero-order chi connectivity index (χ0) is 13.0. The molecule has 1 fully saturated rings. The topological polar surface area (TPSA) is 76.1 Å². The first-order valence-electron chi connectivity index (χ1n) is 5.50. The van der Waals surface area contributed by atoms with Crippen LogP contribution in [0.4, 0.5) is 4.79 Å². The van der Waals surface area contributed by atoms with Crippen LogP contribution in [0.3, 0.4) is 0 Å². The summed E-state index contributed by atoms with van der Waals surface area (Å²) in [5.41, 5.74) is 0.845. The summed E-state index contributed by atoms with van der Waals surface area (Å²) in [6.07, 6.45) is -1.92. The number of hydrogen-bond acceptors (Lipinski definition) is 4. The molecule has 0 unspecified atom stereocenters. The van der Waals surface area contributed by atoms with Crippen molar-refractivity contribution in [1.29, 1.82) is 0 Å². The van der Waals surface area contributed by atoms with Crippen LogP contribution in [0.1, 0.15) is 5.56 Å². The van der Waals surface area contributed by atoms with Gasteiger partial charge in [-0.1, -0.05) is 30.3 Å². The number of nitrogens with zero attached hydrogens (tertiary/aromatic N) is 1. The van der Waals surface area contributed by atoms with E-state index in [9.17, 15) is 9.59 Å². The number of hydrogen-bond donors (Lipinski definition) is 1. The molecule has 0 saturated carbocycles. The minimum absolute atomic E-state index is 0.114. The third-order valence-electron chi connectivity index (χ3n) is 2.54. The Labute approximate surface area is 104 Å². The van der Waals surface area contributed by atoms with Crippen molar-refractivity contribution in [1.82, 2.24) is 4.90 Å². The third-order valence-corrected chi connectivity index (χ3v) is 2.54. The second-order valence-corrected chi connectivity index (χ2v) is 3.79. The van der Waals surface area contributed by atoms with Crippen LogP contribution in [-0.4, -0.2) is 41.4 Å². The standard InChI is InChI=1S/C12H13NO5/c14-11(15)10-13(6-7-17-10)12(16)18-8-9-4-2-1-3-5-9/h1-5,10H,6-8H2,(H,14,15)/t10-/m0/s1. The van der Waals surface area contributed by atoms with Crippen molar-refractivity contribution in [2.45, 2.75) is 12.8 Å². The van der Waals surface area contributed by atoms with E-state index in [0.29, 0.717) is 0 Å². The number of carboxylic acid groups (broad SMARTS) is 1. The van der Waals surface area contributed by atoms with Crippen molar-refractivity contribution in [3.8, 4) is 0 Å². The van der Waals surface area contributed by atoms with Crippen LogP contribution in [0, 0.1) is 0 Å². The Hall–Kier alpha value is -2.08. The van der Waals surface area contributed by atoms with E-state index in [1.165, 1.54) is 0 Å². The number of carboxylic acids is 1. The van der Waals surface area contributed by atoms with Gasteiger partial charge in [0.1, 0.15) is 6.61 Å². The largest absolute Gasteiger partial charge is 0.478 e. The lowest BCUT2D eigenvalue weighted by Gasteiger charge is -2.19. The van der Waals surface area contributed by atoms with E-state index >= 15 is 0 Å². The van der Waals surface area contributed by atoms with Crippen LogP contribution in [-0.2, 0) is 20.9 Å². The summed E-state index contributed by atoms with van der Waals surface area (Å²) in [5, 5.41) is 8.84. The Morgan fingerprint density at radius 2 is 2.11 bits per heavy atom. The molecule has 1 heterocycles. The third kappa shape index (κ3) is 2.78. The second kappa shape index (κ2) is 5.50. The fourth-order valence-electron chi connectivity index (χ4n) is 1.66. The quantitative estimate of drug-likeness (QED) is 0.869. The van der Waals surface area contributed by atoms with Gasteiger partial charge < -0.3 is 14.6 Å². The molecule has 0 aliphatic carbocycles. The molecule has 96 valence electrons. The molecule has 6 nitrogen and oxygen atoms in total. The molecular weight excluding hydrogens is 238 g/mol. The molecular formula is C12H13NO5. The van der Waals surface area contributed by atoms with Crippen molar-refractivity contribution in [3.63, 3.8) is 0 Å². The molecule has 1 amide bonds. The van der Waals surface area contributed by atoms with Crippen molar-refractivity contribution in [3.05, 3.63) is 35.9 Å². The van der Waals surface area contributed by atoms with Gasteiger partial charge in [0.2, 0.25) is 6.23 Å². The van der Waals surface area contributed by atoms with Gasteiger partial charge in [0.15, 0.2) is 0 Å². The number of benzene rings is 1. The van der Waals surface area contributed by atoms with Gasteiger partial charge in [0, 0.05) is 0 Å². The van der Waals surface area contributed by atoms with Gasteiger partial charge in [-0.05, 0) is 5.56 Å². The molecule has 6 heteroatoms. The lowest BCUT2D eigenvalue weighted by atomic mass is 10.2. The van der Waals surface area contributed by atoms with E-state index in [1.807, 2.05) is 30.3 Å². The second-order valence-electron chi connectivity index (χ2n) is 3.79. The maximum Gasteiger partial charge on any atom is 0.412 e. The fraction of sp³-hybridized carbons (Fsp3) is 0.333. The van der Waals surface area contributed by atoms with E-state index in [4.69, 9.17) is 14.6 Å². The molecule has 1 saturated heterocycles. The van der Waals surface area contributed by atoms with Gasteiger partial charge in [0.25, 0.3) is 0 Å². The molecule has 1 aromatic rings. The van der Waals surface area contributed by atoms with E-state index in [-0.39, 0.29) is 19.8 Å². The number of amides is 1. The summed E-state index contributed by atoms with van der Waals surface area (Å²) >= 11 is 0. The Balaban J connectivity index is 1.90. The van der Waals surface area contributed by atoms with Crippen molar-refractivity contribution in [2.24, 2.45) is 0 Å². The summed E-state index contributed by atoms with van der Waals surface area (Å²) in [5.74, 6) is -1.19. The van der Waals surface area contributed by atoms with Crippen LogP contribution in [0.2, 0.25) is 0 Å². The van der Waals surface area contributed by atoms with Crippen LogP contribution < -0.4 is 0 Å². The van der Waals surface area contributed by atoms with E-state index < -0.39 is 18.3 Å². The molecule has 1 aliphatic rings. The Morgan fingerprint density at radius 3 is 2.78 bits per heavy atom. The van der Waals surface area contributed by atoms with Crippen molar-refractivity contribution >= 4 is 12.1 Å². The average Bonchev–Trinajstić information content (AvgIpc) is 2.86. The van der Waals surface area contributed by atoms with Crippen molar-refractivity contribution < 1.29 is 24.2 Å². The van der Waals surface area contributed by atoms with Crippen LogP contribution in [0.15, 0.2) is 30.3 Å². The normalized spacial score (nSPS) is 18.7. The molecule has 0 bridgehead atoms. The first kappa shape index (κ1) is 12.4. The number of aliphatic carboxylic acids is 1. The molecule has 1 aliphatic heterocycles. The van der Waals surface area contributed by atoms with Gasteiger partial charge in [-0.15, -0.1) is 0 Å². The van der Waals surface area contributed by atoms with Crippen LogP contribution in [0.25, 0.3) is 0 Å². The van der Waals surface area contributed by atoms with Crippen molar-refractivity contribution in [2.75, 3.05) is 13.2 Å². The predicted molar refractivity (Wildman–Crippen MR) is 60.7 cm³/mol. The van der Waals surface area contributed by atoms with E-state index in [1.54, 1.807) is 0 Å². The lowest BCUT2D eigenvalue weighted by Crippen LogP contribution is -2.41. The minimum atomic E-state index is -1.24. The number of carbonyl (C=O) groups is 2. The highest BCUT2D eigenvalue weighted by Crippen LogP contribution is 2.12. The van der Waals surface area contributed by atoms with Gasteiger partial charge in [-0.2, -0.15) is 0 Å². The molecule has 0 spiro atoms. The SMILES string of the molecule is O=C(O)[C@@H]1OCCN1C(=O)OCc1ccccc1. The summed E-state index contributed by atoms with van der Waals surface area (Å²) < 4.78 is 9.96. The molecule has 1 N–H and O–H groups in total. The highest BCUT2D eigenvalue weighted by molar-refractivity contribution is 5.79. The highest BCUT2D eigenvalue weighted by atomic mass is 16.6. The van der Waals surface area contributed by atoms with Gasteiger partial charge in [-0.3, -0.25) is 4.90 Å². The van der Waals surface area contributed by atoms with Gasteiger partial charge >= 0.3 is 12.1 Å². The summed E-state index contributed by atoms with van der Waals surface area (Å²) in [6, 6.07) is 9.18. The predicted octanol–water partition coefficient (Wildman–Crippen LogP) is 1.07. The Morgan fingerprint density at radius 1 is 1.39 bits per heavy atom. The average molecular weight is 251 g/mol. The molecule has 1 atom stereocenters. The molecule has 18 heavy (non-hydrogen) atoms. The molecule has 1 aromatic carbocycles. The summed E-state index contributed by atoms with van der Waals surface area (Å²) in [4.78, 5) is 23.6. The number of carbonyl (C=O) groups excluding carboxylic acids is 1. The highest BCUT2D eigenvalue weighted by Gasteiger charge is 2.36. The molecule has 0 aromatic heterocycles. The lowest BCUT2D eigenvalue weighted by molar-refractivity contribution is -0.153.